The lowest BCUT2D eigenvalue weighted by Crippen LogP contribution is -2.27. The van der Waals surface area contributed by atoms with Gasteiger partial charge in [0.05, 0.1) is 12.3 Å². The van der Waals surface area contributed by atoms with Gasteiger partial charge in [-0.15, -0.1) is 0 Å². The maximum absolute atomic E-state index is 10.8. The molecule has 0 atom stereocenters. The molecule has 0 aromatic carbocycles. The molecule has 0 bridgehead atoms. The highest BCUT2D eigenvalue weighted by Gasteiger charge is 1.97. The van der Waals surface area contributed by atoms with E-state index >= 15 is 0 Å². The van der Waals surface area contributed by atoms with E-state index in [4.69, 9.17) is 0 Å². The summed E-state index contributed by atoms with van der Waals surface area (Å²) in [7, 11) is 0. The average molecular weight is 167 g/mol. The molecular formula is C8H13N3O. The summed E-state index contributed by atoms with van der Waals surface area (Å²) < 4.78 is 0. The van der Waals surface area contributed by atoms with Gasteiger partial charge in [-0.3, -0.25) is 4.79 Å². The van der Waals surface area contributed by atoms with Crippen LogP contribution in [-0.2, 0) is 4.79 Å². The van der Waals surface area contributed by atoms with E-state index in [9.17, 15) is 4.79 Å². The molecule has 66 valence electrons. The van der Waals surface area contributed by atoms with E-state index in [-0.39, 0.29) is 5.91 Å². The van der Waals surface area contributed by atoms with E-state index in [2.05, 4.69) is 28.8 Å². The molecule has 0 aliphatic rings. The standard InChI is InChI=1S/C8H13N3O/c1-4-7(11-9-3)6-10-8(12)5-2/h4H,1,3,5-6H2,2H3,(H,10,12)/b11-7+. The Morgan fingerprint density at radius 1 is 1.67 bits per heavy atom. The van der Waals surface area contributed by atoms with E-state index in [1.165, 1.54) is 6.08 Å². The monoisotopic (exact) mass is 167 g/mol. The molecule has 0 saturated heterocycles. The third-order valence-electron chi connectivity index (χ3n) is 1.22. The van der Waals surface area contributed by atoms with Crippen molar-refractivity contribution in [2.24, 2.45) is 10.2 Å². The van der Waals surface area contributed by atoms with Crippen molar-refractivity contribution in [1.29, 1.82) is 0 Å². The molecule has 0 unspecified atom stereocenters. The van der Waals surface area contributed by atoms with Crippen molar-refractivity contribution in [3.05, 3.63) is 12.7 Å². The predicted molar refractivity (Wildman–Crippen MR) is 50.5 cm³/mol. The van der Waals surface area contributed by atoms with Crippen molar-refractivity contribution in [2.75, 3.05) is 6.54 Å². The van der Waals surface area contributed by atoms with Gasteiger partial charge >= 0.3 is 0 Å². The highest BCUT2D eigenvalue weighted by molar-refractivity contribution is 5.98. The van der Waals surface area contributed by atoms with Crippen molar-refractivity contribution in [3.63, 3.8) is 0 Å². The zero-order valence-electron chi connectivity index (χ0n) is 7.21. The Kier molecular flexibility index (Phi) is 5.51. The number of carbonyl (C=O) groups is 1. The molecule has 0 heterocycles. The van der Waals surface area contributed by atoms with Gasteiger partial charge in [0, 0.05) is 13.1 Å². The molecule has 0 aromatic heterocycles. The SMILES string of the molecule is C=C/C(CNC(=O)CC)=N\N=C. The van der Waals surface area contributed by atoms with Gasteiger partial charge in [-0.2, -0.15) is 10.2 Å². The van der Waals surface area contributed by atoms with Crippen LogP contribution in [0.5, 0.6) is 0 Å². The molecule has 4 heteroatoms. The summed E-state index contributed by atoms with van der Waals surface area (Å²) in [6.45, 7) is 8.85. The minimum atomic E-state index is -0.0198. The van der Waals surface area contributed by atoms with Gasteiger partial charge in [0.1, 0.15) is 0 Å². The summed E-state index contributed by atoms with van der Waals surface area (Å²) in [5.74, 6) is -0.0198. The minimum Gasteiger partial charge on any atom is -0.350 e. The first-order chi connectivity index (χ1) is 5.74. The van der Waals surface area contributed by atoms with Crippen LogP contribution >= 0.6 is 0 Å². The van der Waals surface area contributed by atoms with Crippen molar-refractivity contribution >= 4 is 18.3 Å². The maximum atomic E-state index is 10.8. The second-order valence-corrected chi connectivity index (χ2v) is 2.07. The zero-order chi connectivity index (χ0) is 9.40. The van der Waals surface area contributed by atoms with Gasteiger partial charge in [-0.25, -0.2) is 0 Å². The number of carbonyl (C=O) groups excluding carboxylic acids is 1. The van der Waals surface area contributed by atoms with Gasteiger partial charge in [-0.05, 0) is 6.08 Å². The predicted octanol–water partition coefficient (Wildman–Crippen LogP) is 0.755. The molecule has 12 heavy (non-hydrogen) atoms. The third kappa shape index (κ3) is 4.38. The lowest BCUT2D eigenvalue weighted by atomic mass is 10.3. The van der Waals surface area contributed by atoms with Crippen LogP contribution in [0.2, 0.25) is 0 Å². The van der Waals surface area contributed by atoms with Gasteiger partial charge in [-0.1, -0.05) is 13.5 Å². The van der Waals surface area contributed by atoms with Crippen LogP contribution in [-0.4, -0.2) is 24.9 Å². The molecule has 0 saturated carbocycles. The van der Waals surface area contributed by atoms with Crippen molar-refractivity contribution in [1.82, 2.24) is 5.32 Å². The Hall–Kier alpha value is -1.45. The van der Waals surface area contributed by atoms with Crippen molar-refractivity contribution in [3.8, 4) is 0 Å². The number of nitrogens with one attached hydrogen (secondary N) is 1. The molecule has 0 rings (SSSR count). The van der Waals surface area contributed by atoms with Gasteiger partial charge < -0.3 is 5.32 Å². The molecule has 1 N–H and O–H groups in total. The molecule has 1 amide bonds. The summed E-state index contributed by atoms with van der Waals surface area (Å²) in [6.07, 6.45) is 2.00. The molecular weight excluding hydrogens is 154 g/mol. The topological polar surface area (TPSA) is 53.8 Å². The van der Waals surface area contributed by atoms with Crippen LogP contribution in [0.25, 0.3) is 0 Å². The van der Waals surface area contributed by atoms with E-state index in [0.29, 0.717) is 18.7 Å². The Balaban J connectivity index is 3.88. The highest BCUT2D eigenvalue weighted by Crippen LogP contribution is 1.81. The normalized spacial score (nSPS) is 10.6. The van der Waals surface area contributed by atoms with Crippen LogP contribution in [0.3, 0.4) is 0 Å². The largest absolute Gasteiger partial charge is 0.350 e. The number of hydrogen-bond donors (Lipinski definition) is 1. The van der Waals surface area contributed by atoms with Gasteiger partial charge in [0.15, 0.2) is 0 Å². The van der Waals surface area contributed by atoms with Crippen LogP contribution in [0, 0.1) is 0 Å². The fraction of sp³-hybridized carbons (Fsp3) is 0.375. The molecule has 0 aliphatic carbocycles. The molecule has 0 aromatic rings. The number of rotatable bonds is 5. The Labute approximate surface area is 72.1 Å². The summed E-state index contributed by atoms with van der Waals surface area (Å²) in [5.41, 5.74) is 0.604. The molecule has 0 aliphatic heterocycles. The fourth-order valence-electron chi connectivity index (χ4n) is 0.553. The minimum absolute atomic E-state index is 0.0198. The summed E-state index contributed by atoms with van der Waals surface area (Å²) in [6, 6.07) is 0. The first kappa shape index (κ1) is 10.6. The third-order valence-corrected chi connectivity index (χ3v) is 1.22. The summed E-state index contributed by atoms with van der Waals surface area (Å²) in [4.78, 5) is 10.8. The van der Waals surface area contributed by atoms with Crippen LogP contribution < -0.4 is 5.32 Å². The van der Waals surface area contributed by atoms with Crippen molar-refractivity contribution in [2.45, 2.75) is 13.3 Å². The lowest BCUT2D eigenvalue weighted by Gasteiger charge is -2.00. The quantitative estimate of drug-likeness (QED) is 0.477. The second-order valence-electron chi connectivity index (χ2n) is 2.07. The maximum Gasteiger partial charge on any atom is 0.220 e. The summed E-state index contributed by atoms with van der Waals surface area (Å²) >= 11 is 0. The van der Waals surface area contributed by atoms with Crippen LogP contribution in [0.4, 0.5) is 0 Å². The first-order valence-corrected chi connectivity index (χ1v) is 3.66. The lowest BCUT2D eigenvalue weighted by molar-refractivity contribution is -0.120. The molecule has 0 fully saturated rings. The zero-order valence-corrected chi connectivity index (χ0v) is 7.21. The van der Waals surface area contributed by atoms with E-state index in [1.54, 1.807) is 6.92 Å². The average Bonchev–Trinajstić information content (AvgIpc) is 2.11. The van der Waals surface area contributed by atoms with Crippen molar-refractivity contribution < 1.29 is 4.79 Å². The fourth-order valence-corrected chi connectivity index (χ4v) is 0.553. The highest BCUT2D eigenvalue weighted by atomic mass is 16.1. The Bertz CT molecular complexity index is 208. The smallest absolute Gasteiger partial charge is 0.220 e. The Morgan fingerprint density at radius 2 is 2.33 bits per heavy atom. The second kappa shape index (κ2) is 6.27. The van der Waals surface area contributed by atoms with E-state index in [0.717, 1.165) is 0 Å². The number of amides is 1. The van der Waals surface area contributed by atoms with Crippen LogP contribution in [0.1, 0.15) is 13.3 Å². The van der Waals surface area contributed by atoms with E-state index < -0.39 is 0 Å². The van der Waals surface area contributed by atoms with Gasteiger partial charge in [0.25, 0.3) is 0 Å². The van der Waals surface area contributed by atoms with E-state index in [1.807, 2.05) is 0 Å². The summed E-state index contributed by atoms with van der Waals surface area (Å²) in [5, 5.41) is 9.61. The number of nitrogens with zero attached hydrogens (tertiary/aromatic N) is 2. The molecule has 0 spiro atoms. The van der Waals surface area contributed by atoms with Gasteiger partial charge in [0.2, 0.25) is 5.91 Å². The molecule has 0 radical (unpaired) electrons. The number of hydrogen-bond acceptors (Lipinski definition) is 3. The Morgan fingerprint density at radius 3 is 2.75 bits per heavy atom. The molecule has 4 nitrogen and oxygen atoms in total. The first-order valence-electron chi connectivity index (χ1n) is 3.66. The van der Waals surface area contributed by atoms with Crippen LogP contribution in [0.15, 0.2) is 22.9 Å².